The second-order valence-corrected chi connectivity index (χ2v) is 8.09. The zero-order chi connectivity index (χ0) is 20.1. The van der Waals surface area contributed by atoms with Crippen molar-refractivity contribution >= 4 is 40.0 Å². The second-order valence-electron chi connectivity index (χ2n) is 7.70. The highest BCUT2D eigenvalue weighted by Crippen LogP contribution is 2.36. The number of fused-ring (bicyclic) bond motifs is 3. The minimum Gasteiger partial charge on any atom is -0.451 e. The molecule has 3 atom stereocenters. The maximum atomic E-state index is 13.3. The van der Waals surface area contributed by atoms with E-state index in [1.165, 1.54) is 0 Å². The number of hydrogen-bond donors (Lipinski definition) is 0. The van der Waals surface area contributed by atoms with Crippen LogP contribution in [0, 0.1) is 0 Å². The minimum atomic E-state index is -0.290. The van der Waals surface area contributed by atoms with Crippen molar-refractivity contribution in [3.8, 4) is 0 Å². The molecule has 3 unspecified atom stereocenters. The number of hydrogen-bond acceptors (Lipinski definition) is 7. The second kappa shape index (κ2) is 7.11. The fourth-order valence-corrected chi connectivity index (χ4v) is 4.49. The molecule has 5 heterocycles. The summed E-state index contributed by atoms with van der Waals surface area (Å²) in [6.45, 7) is 3.35. The molecule has 29 heavy (non-hydrogen) atoms. The molecule has 0 amide bonds. The van der Waals surface area contributed by atoms with Crippen LogP contribution < -0.4 is 5.69 Å². The summed E-state index contributed by atoms with van der Waals surface area (Å²) in [4.78, 5) is 22.2. The van der Waals surface area contributed by atoms with Gasteiger partial charge in [0.05, 0.1) is 12.0 Å². The van der Waals surface area contributed by atoms with Gasteiger partial charge < -0.3 is 9.15 Å². The fraction of sp³-hybridized carbons (Fsp3) is 0.500. The maximum Gasteiger partial charge on any atom is 0.348 e. The van der Waals surface area contributed by atoms with Gasteiger partial charge in [-0.05, 0) is 31.4 Å². The largest absolute Gasteiger partial charge is 0.451 e. The molecule has 1 saturated heterocycles. The first-order valence-corrected chi connectivity index (χ1v) is 10.3. The molecule has 0 aromatic carbocycles. The summed E-state index contributed by atoms with van der Waals surface area (Å²) in [6.07, 6.45) is 4.34. The van der Waals surface area contributed by atoms with Crippen molar-refractivity contribution in [1.82, 2.24) is 19.5 Å². The standard InChI is InChI=1S/C20H22ClN5O3/c1-3-13-8-12(6-7-28-13)26-18-17-14(4-5-15(21)23-17)29-19(18)16(24-20(26)27)11-9-22-25(2)10-11/h4-5,9,11-13H,3,6-8,10H2,1-2H3. The quantitative estimate of drug-likeness (QED) is 0.610. The summed E-state index contributed by atoms with van der Waals surface area (Å²) in [5.74, 6) is -0.112. The summed E-state index contributed by atoms with van der Waals surface area (Å²) in [6, 6.07) is 3.46. The van der Waals surface area contributed by atoms with Gasteiger partial charge in [0.1, 0.15) is 21.9 Å². The molecule has 0 N–H and O–H groups in total. The van der Waals surface area contributed by atoms with E-state index >= 15 is 0 Å². The van der Waals surface area contributed by atoms with Crippen LogP contribution in [0.25, 0.3) is 22.2 Å². The first-order valence-electron chi connectivity index (χ1n) is 9.93. The molecule has 152 valence electrons. The van der Waals surface area contributed by atoms with Crippen molar-refractivity contribution in [2.24, 2.45) is 5.10 Å². The predicted octanol–water partition coefficient (Wildman–Crippen LogP) is 3.34. The zero-order valence-electron chi connectivity index (χ0n) is 16.3. The Morgan fingerprint density at radius 2 is 2.17 bits per heavy atom. The molecule has 9 heteroatoms. The smallest absolute Gasteiger partial charge is 0.348 e. The van der Waals surface area contributed by atoms with Crippen LogP contribution in [0.4, 0.5) is 0 Å². The van der Waals surface area contributed by atoms with E-state index in [1.807, 2.05) is 12.1 Å². The Labute approximate surface area is 172 Å². The van der Waals surface area contributed by atoms with Crippen LogP contribution >= 0.6 is 11.6 Å². The average Bonchev–Trinajstić information content (AvgIpc) is 3.31. The normalized spacial score (nSPS) is 24.8. The number of nitrogens with zero attached hydrogens (tertiary/aromatic N) is 5. The number of ether oxygens (including phenoxy) is 1. The van der Waals surface area contributed by atoms with E-state index < -0.39 is 0 Å². The van der Waals surface area contributed by atoms with E-state index in [2.05, 4.69) is 22.0 Å². The van der Waals surface area contributed by atoms with Gasteiger partial charge in [-0.1, -0.05) is 18.5 Å². The Morgan fingerprint density at radius 3 is 2.93 bits per heavy atom. The van der Waals surface area contributed by atoms with Gasteiger partial charge in [0.2, 0.25) is 0 Å². The maximum absolute atomic E-state index is 13.3. The monoisotopic (exact) mass is 415 g/mol. The molecule has 8 nitrogen and oxygen atoms in total. The number of pyridine rings is 1. The SMILES string of the molecule is CCC1CC(n2c(=O)nc(C3C=NN(C)C3)c3oc4ccc(Cl)nc4c32)CCO1. The lowest BCUT2D eigenvalue weighted by atomic mass is 10.0. The lowest BCUT2D eigenvalue weighted by Crippen LogP contribution is -2.35. The van der Waals surface area contributed by atoms with Gasteiger partial charge in [-0.15, -0.1) is 0 Å². The number of furan rings is 1. The van der Waals surface area contributed by atoms with Crippen LogP contribution in [0.1, 0.15) is 43.8 Å². The Hall–Kier alpha value is -2.45. The molecule has 2 aliphatic heterocycles. The predicted molar refractivity (Wildman–Crippen MR) is 111 cm³/mol. The molecule has 1 fully saturated rings. The van der Waals surface area contributed by atoms with Gasteiger partial charge in [-0.3, -0.25) is 9.58 Å². The number of halogens is 1. The topological polar surface area (TPSA) is 85.8 Å². The van der Waals surface area contributed by atoms with Gasteiger partial charge in [0, 0.05) is 32.5 Å². The average molecular weight is 416 g/mol. The highest BCUT2D eigenvalue weighted by molar-refractivity contribution is 6.30. The number of likely N-dealkylation sites (N-methyl/N-ethyl adjacent to an activating group) is 1. The van der Waals surface area contributed by atoms with E-state index in [-0.39, 0.29) is 23.8 Å². The van der Waals surface area contributed by atoms with Gasteiger partial charge in [0.25, 0.3) is 0 Å². The molecular formula is C20H22ClN5O3. The first kappa shape index (κ1) is 18.6. The van der Waals surface area contributed by atoms with Gasteiger partial charge in [-0.2, -0.15) is 10.1 Å². The lowest BCUT2D eigenvalue weighted by Gasteiger charge is -2.30. The summed E-state index contributed by atoms with van der Waals surface area (Å²) >= 11 is 6.18. The van der Waals surface area contributed by atoms with Crippen molar-refractivity contribution in [3.05, 3.63) is 33.5 Å². The number of rotatable bonds is 3. The van der Waals surface area contributed by atoms with Crippen LogP contribution in [-0.2, 0) is 4.74 Å². The molecule has 0 bridgehead atoms. The molecule has 0 spiro atoms. The van der Waals surface area contributed by atoms with Crippen molar-refractivity contribution in [2.45, 2.75) is 44.2 Å². The molecule has 0 radical (unpaired) electrons. The van der Waals surface area contributed by atoms with E-state index in [9.17, 15) is 4.79 Å². The van der Waals surface area contributed by atoms with Crippen molar-refractivity contribution in [3.63, 3.8) is 0 Å². The third kappa shape index (κ3) is 3.11. The lowest BCUT2D eigenvalue weighted by molar-refractivity contribution is -0.00712. The van der Waals surface area contributed by atoms with Crippen molar-refractivity contribution < 1.29 is 9.15 Å². The minimum absolute atomic E-state index is 0.0215. The summed E-state index contributed by atoms with van der Waals surface area (Å²) in [7, 11) is 1.89. The van der Waals surface area contributed by atoms with Gasteiger partial charge >= 0.3 is 5.69 Å². The van der Waals surface area contributed by atoms with Gasteiger partial charge in [-0.25, -0.2) is 9.78 Å². The molecule has 0 aliphatic carbocycles. The Balaban J connectivity index is 1.78. The Bertz CT molecular complexity index is 1170. The van der Waals surface area contributed by atoms with Crippen LogP contribution in [0.2, 0.25) is 5.15 Å². The molecule has 5 rings (SSSR count). The number of hydrazone groups is 1. The van der Waals surface area contributed by atoms with Crippen LogP contribution in [0.5, 0.6) is 0 Å². The zero-order valence-corrected chi connectivity index (χ0v) is 17.1. The van der Waals surface area contributed by atoms with Crippen molar-refractivity contribution in [1.29, 1.82) is 0 Å². The summed E-state index contributed by atoms with van der Waals surface area (Å²) in [5, 5.41) is 6.48. The highest BCUT2D eigenvalue weighted by atomic mass is 35.5. The molecule has 3 aromatic rings. The molecular weight excluding hydrogens is 394 g/mol. The van der Waals surface area contributed by atoms with E-state index in [0.717, 1.165) is 19.3 Å². The van der Waals surface area contributed by atoms with Crippen molar-refractivity contribution in [2.75, 3.05) is 20.2 Å². The van der Waals surface area contributed by atoms with Crippen LogP contribution in [0.15, 0.2) is 26.4 Å². The first-order chi connectivity index (χ1) is 14.0. The number of aromatic nitrogens is 3. The third-order valence-electron chi connectivity index (χ3n) is 5.79. The van der Waals surface area contributed by atoms with Crippen LogP contribution in [-0.4, -0.2) is 52.1 Å². The fourth-order valence-electron chi connectivity index (χ4n) is 4.34. The highest BCUT2D eigenvalue weighted by Gasteiger charge is 2.31. The molecule has 2 aliphatic rings. The molecule has 3 aromatic heterocycles. The van der Waals surface area contributed by atoms with E-state index in [1.54, 1.807) is 22.9 Å². The Kier molecular flexibility index (Phi) is 4.55. The molecule has 0 saturated carbocycles. The Morgan fingerprint density at radius 1 is 1.31 bits per heavy atom. The third-order valence-corrected chi connectivity index (χ3v) is 6.00. The van der Waals surface area contributed by atoms with Gasteiger partial charge in [0.15, 0.2) is 11.2 Å². The van der Waals surface area contributed by atoms with Crippen LogP contribution in [0.3, 0.4) is 0 Å². The summed E-state index contributed by atoms with van der Waals surface area (Å²) < 4.78 is 13.7. The van der Waals surface area contributed by atoms with E-state index in [0.29, 0.717) is 46.2 Å². The van der Waals surface area contributed by atoms with E-state index in [4.69, 9.17) is 20.8 Å². The summed E-state index contributed by atoms with van der Waals surface area (Å²) in [5.41, 5.74) is 2.75.